The molecule has 10 heavy (non-hydrogen) atoms. The van der Waals surface area contributed by atoms with E-state index in [9.17, 15) is 0 Å². The van der Waals surface area contributed by atoms with Crippen LogP contribution in [0.3, 0.4) is 0 Å². The molecule has 3 nitrogen and oxygen atoms in total. The summed E-state index contributed by atoms with van der Waals surface area (Å²) in [6.07, 6.45) is 0. The molecule has 0 atom stereocenters. The zero-order valence-corrected chi connectivity index (χ0v) is 7.34. The molecule has 0 aromatic heterocycles. The van der Waals surface area contributed by atoms with Gasteiger partial charge in [-0.05, 0) is 6.92 Å². The zero-order valence-electron chi connectivity index (χ0n) is 7.34. The largest absolute Gasteiger partial charge is 0.509 e. The predicted molar refractivity (Wildman–Crippen MR) is 42.7 cm³/mol. The van der Waals surface area contributed by atoms with Crippen LogP contribution in [-0.2, 0) is 0 Å². The Labute approximate surface area is 62.6 Å². The van der Waals surface area contributed by atoms with Gasteiger partial charge in [0, 0.05) is 28.2 Å². The standard InChI is InChI=1S/C7H16N2O/c1-6(10)7(8(2)3)9(4)5/h10H,1-5H3. The zero-order chi connectivity index (χ0) is 8.31. The lowest BCUT2D eigenvalue weighted by Crippen LogP contribution is -2.26. The molecule has 0 unspecified atom stereocenters. The Bertz CT molecular complexity index is 125. The molecular formula is C7H16N2O. The highest BCUT2D eigenvalue weighted by Crippen LogP contribution is 2.05. The first kappa shape index (κ1) is 9.14. The summed E-state index contributed by atoms with van der Waals surface area (Å²) < 4.78 is 0. The summed E-state index contributed by atoms with van der Waals surface area (Å²) in [6, 6.07) is 0. The number of aliphatic hydroxyl groups is 1. The van der Waals surface area contributed by atoms with E-state index in [1.54, 1.807) is 6.92 Å². The van der Waals surface area contributed by atoms with Crippen molar-refractivity contribution in [3.05, 3.63) is 11.6 Å². The van der Waals surface area contributed by atoms with Gasteiger partial charge in [-0.25, -0.2) is 0 Å². The first-order valence-corrected chi connectivity index (χ1v) is 3.21. The minimum Gasteiger partial charge on any atom is -0.509 e. The lowest BCUT2D eigenvalue weighted by molar-refractivity contribution is 0.286. The topological polar surface area (TPSA) is 26.7 Å². The van der Waals surface area contributed by atoms with Gasteiger partial charge in [0.2, 0.25) is 0 Å². The van der Waals surface area contributed by atoms with Crippen LogP contribution in [0.15, 0.2) is 11.6 Å². The molecule has 0 aliphatic rings. The second-order valence-electron chi connectivity index (χ2n) is 2.70. The van der Waals surface area contributed by atoms with Crippen LogP contribution in [0.2, 0.25) is 0 Å². The quantitative estimate of drug-likeness (QED) is 0.582. The van der Waals surface area contributed by atoms with Gasteiger partial charge in [0.1, 0.15) is 11.6 Å². The van der Waals surface area contributed by atoms with E-state index in [1.165, 1.54) is 0 Å². The van der Waals surface area contributed by atoms with Crippen molar-refractivity contribution in [3.8, 4) is 0 Å². The number of nitrogens with zero attached hydrogens (tertiary/aromatic N) is 2. The fraction of sp³-hybridized carbons (Fsp3) is 0.714. The molecule has 60 valence electrons. The normalized spacial score (nSPS) is 8.90. The van der Waals surface area contributed by atoms with Crippen molar-refractivity contribution in [1.82, 2.24) is 9.80 Å². The smallest absolute Gasteiger partial charge is 0.141 e. The Hall–Kier alpha value is -0.860. The molecule has 1 N–H and O–H groups in total. The summed E-state index contributed by atoms with van der Waals surface area (Å²) in [5.41, 5.74) is 0. The molecule has 0 radical (unpaired) electrons. The first-order valence-electron chi connectivity index (χ1n) is 3.21. The van der Waals surface area contributed by atoms with E-state index < -0.39 is 0 Å². The van der Waals surface area contributed by atoms with Crippen LogP contribution in [-0.4, -0.2) is 43.1 Å². The van der Waals surface area contributed by atoms with E-state index in [-0.39, 0.29) is 0 Å². The van der Waals surface area contributed by atoms with E-state index in [1.807, 2.05) is 38.0 Å². The van der Waals surface area contributed by atoms with Crippen LogP contribution < -0.4 is 0 Å². The minimum absolute atomic E-state index is 0.343. The van der Waals surface area contributed by atoms with Gasteiger partial charge < -0.3 is 14.9 Å². The number of hydrogen-bond donors (Lipinski definition) is 1. The molecule has 0 aromatic carbocycles. The molecule has 0 fully saturated rings. The molecule has 0 rings (SSSR count). The van der Waals surface area contributed by atoms with E-state index >= 15 is 0 Å². The van der Waals surface area contributed by atoms with Crippen molar-refractivity contribution in [3.63, 3.8) is 0 Å². The highest BCUT2D eigenvalue weighted by atomic mass is 16.3. The van der Waals surface area contributed by atoms with Gasteiger partial charge in [-0.3, -0.25) is 0 Å². The summed E-state index contributed by atoms with van der Waals surface area (Å²) in [7, 11) is 7.59. The Kier molecular flexibility index (Phi) is 3.06. The molecule has 0 heterocycles. The number of allylic oxidation sites excluding steroid dienone is 1. The third kappa shape index (κ3) is 2.17. The maximum atomic E-state index is 9.15. The van der Waals surface area contributed by atoms with E-state index in [2.05, 4.69) is 0 Å². The number of rotatable bonds is 2. The molecule has 0 bridgehead atoms. The Morgan fingerprint density at radius 2 is 1.30 bits per heavy atom. The molecular weight excluding hydrogens is 128 g/mol. The van der Waals surface area contributed by atoms with Crippen molar-refractivity contribution < 1.29 is 5.11 Å². The summed E-state index contributed by atoms with van der Waals surface area (Å²) >= 11 is 0. The Morgan fingerprint density at radius 3 is 1.30 bits per heavy atom. The van der Waals surface area contributed by atoms with Crippen molar-refractivity contribution in [2.75, 3.05) is 28.2 Å². The van der Waals surface area contributed by atoms with Crippen LogP contribution >= 0.6 is 0 Å². The summed E-state index contributed by atoms with van der Waals surface area (Å²) in [4.78, 5) is 3.74. The monoisotopic (exact) mass is 144 g/mol. The fourth-order valence-electron chi connectivity index (χ4n) is 1.05. The van der Waals surface area contributed by atoms with Crippen molar-refractivity contribution in [2.24, 2.45) is 0 Å². The third-order valence-electron chi connectivity index (χ3n) is 1.17. The lowest BCUT2D eigenvalue weighted by Gasteiger charge is -2.24. The van der Waals surface area contributed by atoms with Gasteiger partial charge in [0.25, 0.3) is 0 Å². The molecule has 0 amide bonds. The van der Waals surface area contributed by atoms with E-state index in [0.29, 0.717) is 5.76 Å². The van der Waals surface area contributed by atoms with E-state index in [4.69, 9.17) is 5.11 Å². The number of hydrogen-bond acceptors (Lipinski definition) is 3. The van der Waals surface area contributed by atoms with Gasteiger partial charge in [0.05, 0.1) is 0 Å². The Morgan fingerprint density at radius 1 is 1.00 bits per heavy atom. The van der Waals surface area contributed by atoms with Crippen LogP contribution in [0, 0.1) is 0 Å². The predicted octanol–water partition coefficient (Wildman–Crippen LogP) is 0.857. The molecule has 0 aliphatic carbocycles. The molecule has 0 saturated heterocycles. The van der Waals surface area contributed by atoms with Gasteiger partial charge >= 0.3 is 0 Å². The van der Waals surface area contributed by atoms with Gasteiger partial charge in [-0.15, -0.1) is 0 Å². The summed E-state index contributed by atoms with van der Waals surface area (Å²) in [5, 5.41) is 9.15. The van der Waals surface area contributed by atoms with Gasteiger partial charge in [0.15, 0.2) is 0 Å². The SMILES string of the molecule is CC(O)=C(N(C)C)N(C)C. The van der Waals surface area contributed by atoms with Crippen molar-refractivity contribution >= 4 is 0 Å². The number of aliphatic hydroxyl groups excluding tert-OH is 1. The molecule has 0 aromatic rings. The van der Waals surface area contributed by atoms with E-state index in [0.717, 1.165) is 5.82 Å². The average Bonchev–Trinajstić information content (AvgIpc) is 1.59. The van der Waals surface area contributed by atoms with Crippen molar-refractivity contribution in [2.45, 2.75) is 6.92 Å². The average molecular weight is 144 g/mol. The minimum atomic E-state index is 0.343. The maximum Gasteiger partial charge on any atom is 0.141 e. The third-order valence-corrected chi connectivity index (χ3v) is 1.17. The summed E-state index contributed by atoms with van der Waals surface area (Å²) in [6.45, 7) is 1.68. The van der Waals surface area contributed by atoms with Crippen LogP contribution in [0.4, 0.5) is 0 Å². The highest BCUT2D eigenvalue weighted by molar-refractivity contribution is 5.00. The van der Waals surface area contributed by atoms with Gasteiger partial charge in [-0.1, -0.05) is 0 Å². The Balaban J connectivity index is 4.44. The highest BCUT2D eigenvalue weighted by Gasteiger charge is 2.04. The molecule has 0 saturated carbocycles. The lowest BCUT2D eigenvalue weighted by atomic mass is 10.5. The molecule has 0 aliphatic heterocycles. The summed E-state index contributed by atoms with van der Waals surface area (Å²) in [5.74, 6) is 1.18. The van der Waals surface area contributed by atoms with Crippen LogP contribution in [0.5, 0.6) is 0 Å². The van der Waals surface area contributed by atoms with Crippen LogP contribution in [0.25, 0.3) is 0 Å². The fourth-order valence-corrected chi connectivity index (χ4v) is 1.05. The first-order chi connectivity index (χ1) is 4.46. The molecule has 0 spiro atoms. The maximum absolute atomic E-state index is 9.15. The second-order valence-corrected chi connectivity index (χ2v) is 2.70. The van der Waals surface area contributed by atoms with Crippen molar-refractivity contribution in [1.29, 1.82) is 0 Å². The second kappa shape index (κ2) is 3.34. The van der Waals surface area contributed by atoms with Gasteiger partial charge in [-0.2, -0.15) is 0 Å². The molecule has 3 heteroatoms. The van der Waals surface area contributed by atoms with Crippen LogP contribution in [0.1, 0.15) is 6.92 Å².